The Balaban J connectivity index is 2.07. The van der Waals surface area contributed by atoms with Gasteiger partial charge >= 0.3 is 0 Å². The average Bonchev–Trinajstić information content (AvgIpc) is 2.95. The van der Waals surface area contributed by atoms with Gasteiger partial charge in [0, 0.05) is 24.5 Å². The fourth-order valence-corrected chi connectivity index (χ4v) is 4.31. The van der Waals surface area contributed by atoms with E-state index in [1.165, 1.54) is 24.3 Å². The molecule has 0 spiro atoms. The highest BCUT2D eigenvalue weighted by Crippen LogP contribution is 2.38. The third-order valence-corrected chi connectivity index (χ3v) is 6.64. The van der Waals surface area contributed by atoms with Gasteiger partial charge in [0.25, 0.3) is 0 Å². The molecule has 0 amide bonds. The lowest BCUT2D eigenvalue weighted by atomic mass is 9.97. The van der Waals surface area contributed by atoms with Gasteiger partial charge in [0.2, 0.25) is 0 Å². The quantitative estimate of drug-likeness (QED) is 0.801. The van der Waals surface area contributed by atoms with Crippen LogP contribution >= 0.6 is 0 Å². The van der Waals surface area contributed by atoms with E-state index in [0.717, 1.165) is 23.6 Å². The van der Waals surface area contributed by atoms with Gasteiger partial charge in [-0.3, -0.25) is 4.79 Å². The molecular weight excluding hydrogens is 372 g/mol. The number of benzene rings is 2. The van der Waals surface area contributed by atoms with Gasteiger partial charge in [-0.1, -0.05) is 24.3 Å². The summed E-state index contributed by atoms with van der Waals surface area (Å²) in [5, 5.41) is 0. The van der Waals surface area contributed by atoms with Crippen molar-refractivity contribution in [1.29, 1.82) is 0 Å². The van der Waals surface area contributed by atoms with Crippen molar-refractivity contribution in [2.24, 2.45) is 0 Å². The van der Waals surface area contributed by atoms with E-state index in [-0.39, 0.29) is 15.6 Å². The van der Waals surface area contributed by atoms with Crippen molar-refractivity contribution in [3.63, 3.8) is 0 Å². The number of carbonyl (C=O) groups is 1. The van der Waals surface area contributed by atoms with Gasteiger partial charge in [-0.15, -0.1) is 0 Å². The number of ketones is 1. The fourth-order valence-electron chi connectivity index (χ4n) is 3.05. The number of Topliss-reactive ketones (excluding diaryl/α,β-unsaturated/α-hetero) is 1. The minimum Gasteiger partial charge on any atom is -0.294 e. The van der Waals surface area contributed by atoms with Crippen molar-refractivity contribution in [2.45, 2.75) is 22.6 Å². The van der Waals surface area contributed by atoms with Gasteiger partial charge in [0.15, 0.2) is 25.5 Å². The molecule has 26 heavy (non-hydrogen) atoms. The first-order chi connectivity index (χ1) is 12.1. The van der Waals surface area contributed by atoms with Gasteiger partial charge in [0.05, 0.1) is 9.79 Å². The zero-order chi connectivity index (χ0) is 19.1. The van der Waals surface area contributed by atoms with Crippen LogP contribution in [0.1, 0.15) is 24.0 Å². The second-order valence-corrected chi connectivity index (χ2v) is 10.4. The fraction of sp³-hybridized carbons (Fsp3) is 0.211. The molecule has 0 fully saturated rings. The van der Waals surface area contributed by atoms with Crippen LogP contribution < -0.4 is 0 Å². The summed E-state index contributed by atoms with van der Waals surface area (Å²) >= 11 is 0. The van der Waals surface area contributed by atoms with Crippen molar-refractivity contribution in [2.75, 3.05) is 12.5 Å². The molecule has 0 radical (unpaired) electrons. The van der Waals surface area contributed by atoms with E-state index in [2.05, 4.69) is 0 Å². The number of carbonyl (C=O) groups excluding carboxylic acids is 1. The molecule has 0 unspecified atom stereocenters. The smallest absolute Gasteiger partial charge is 0.175 e. The number of rotatable bonds is 4. The zero-order valence-electron chi connectivity index (χ0n) is 14.4. The van der Waals surface area contributed by atoms with Crippen LogP contribution in [0, 0.1) is 0 Å². The highest BCUT2D eigenvalue weighted by molar-refractivity contribution is 7.91. The Kier molecular flexibility index (Phi) is 4.62. The van der Waals surface area contributed by atoms with Crippen LogP contribution in [0.15, 0.2) is 58.3 Å². The van der Waals surface area contributed by atoms with Crippen molar-refractivity contribution in [3.8, 4) is 0 Å². The maximum absolute atomic E-state index is 12.4. The van der Waals surface area contributed by atoms with Gasteiger partial charge in [-0.2, -0.15) is 0 Å². The van der Waals surface area contributed by atoms with E-state index in [0.29, 0.717) is 24.0 Å². The van der Waals surface area contributed by atoms with E-state index >= 15 is 0 Å². The molecule has 0 aromatic heterocycles. The number of allylic oxidation sites excluding steroid dienone is 2. The third kappa shape index (κ3) is 3.64. The first-order valence-electron chi connectivity index (χ1n) is 7.95. The summed E-state index contributed by atoms with van der Waals surface area (Å²) in [6, 6.07) is 12.7. The van der Waals surface area contributed by atoms with Crippen molar-refractivity contribution < 1.29 is 21.6 Å². The lowest BCUT2D eigenvalue weighted by Gasteiger charge is -2.09. The molecule has 0 bridgehead atoms. The summed E-state index contributed by atoms with van der Waals surface area (Å²) < 4.78 is 46.4. The molecule has 0 saturated carbocycles. The summed E-state index contributed by atoms with van der Waals surface area (Å²) in [4.78, 5) is 12.8. The van der Waals surface area contributed by atoms with Gasteiger partial charge in [0.1, 0.15) is 0 Å². The minimum absolute atomic E-state index is 0.000653. The molecular formula is C19H18O5S2. The first kappa shape index (κ1) is 18.5. The predicted octanol–water partition coefficient (Wildman–Crippen LogP) is 2.77. The first-order valence-corrected chi connectivity index (χ1v) is 11.7. The van der Waals surface area contributed by atoms with Gasteiger partial charge in [-0.05, 0) is 47.4 Å². The molecule has 0 aliphatic heterocycles. The Bertz CT molecular complexity index is 1110. The van der Waals surface area contributed by atoms with Crippen molar-refractivity contribution in [3.05, 3.63) is 59.7 Å². The molecule has 1 aliphatic rings. The van der Waals surface area contributed by atoms with Crippen LogP contribution in [-0.2, 0) is 24.5 Å². The highest BCUT2D eigenvalue weighted by atomic mass is 32.2. The summed E-state index contributed by atoms with van der Waals surface area (Å²) in [5.74, 6) is -0.000653. The Labute approximate surface area is 153 Å². The Morgan fingerprint density at radius 3 is 1.50 bits per heavy atom. The molecule has 2 aromatic rings. The van der Waals surface area contributed by atoms with Gasteiger partial charge in [-0.25, -0.2) is 16.8 Å². The predicted molar refractivity (Wildman–Crippen MR) is 100 cm³/mol. The SMILES string of the molecule is CS(=O)(=O)c1ccc(C2=C(c3ccc(S(C)(=O)=O)cc3)C(=O)CC2)cc1. The number of sulfone groups is 2. The van der Waals surface area contributed by atoms with Crippen LogP contribution in [0.5, 0.6) is 0 Å². The second kappa shape index (κ2) is 6.48. The maximum atomic E-state index is 12.4. The van der Waals surface area contributed by atoms with Crippen LogP contribution in [0.2, 0.25) is 0 Å². The van der Waals surface area contributed by atoms with Crippen LogP contribution in [0.3, 0.4) is 0 Å². The second-order valence-electron chi connectivity index (χ2n) is 6.37. The molecule has 2 aromatic carbocycles. The molecule has 0 atom stereocenters. The molecule has 1 aliphatic carbocycles. The zero-order valence-corrected chi connectivity index (χ0v) is 16.0. The monoisotopic (exact) mass is 390 g/mol. The largest absolute Gasteiger partial charge is 0.294 e. The number of hydrogen-bond acceptors (Lipinski definition) is 5. The lowest BCUT2D eigenvalue weighted by molar-refractivity contribution is -0.113. The van der Waals surface area contributed by atoms with Crippen LogP contribution in [0.4, 0.5) is 0 Å². The lowest BCUT2D eigenvalue weighted by Crippen LogP contribution is -2.00. The highest BCUT2D eigenvalue weighted by Gasteiger charge is 2.25. The van der Waals surface area contributed by atoms with E-state index in [9.17, 15) is 21.6 Å². The molecule has 5 nitrogen and oxygen atoms in total. The van der Waals surface area contributed by atoms with E-state index in [1.54, 1.807) is 24.3 Å². The Morgan fingerprint density at radius 2 is 1.08 bits per heavy atom. The molecule has 7 heteroatoms. The molecule has 0 heterocycles. The summed E-state index contributed by atoms with van der Waals surface area (Å²) in [7, 11) is -6.58. The average molecular weight is 390 g/mol. The van der Waals surface area contributed by atoms with E-state index in [1.807, 2.05) is 0 Å². The standard InChI is InChI=1S/C19H18O5S2/c1-25(21,22)15-7-3-13(4-8-15)17-11-12-18(20)19(17)14-5-9-16(10-6-14)26(2,23)24/h3-10H,11-12H2,1-2H3. The van der Waals surface area contributed by atoms with Gasteiger partial charge < -0.3 is 0 Å². The Morgan fingerprint density at radius 1 is 0.654 bits per heavy atom. The summed E-state index contributed by atoms with van der Waals surface area (Å²) in [6.45, 7) is 0. The molecule has 3 rings (SSSR count). The van der Waals surface area contributed by atoms with Crippen molar-refractivity contribution >= 4 is 36.6 Å². The summed E-state index contributed by atoms with van der Waals surface area (Å²) in [6.07, 6.45) is 3.23. The molecule has 0 N–H and O–H groups in total. The van der Waals surface area contributed by atoms with Crippen LogP contribution in [0.25, 0.3) is 11.1 Å². The maximum Gasteiger partial charge on any atom is 0.175 e. The van der Waals surface area contributed by atoms with Crippen LogP contribution in [-0.4, -0.2) is 35.1 Å². The van der Waals surface area contributed by atoms with Crippen molar-refractivity contribution in [1.82, 2.24) is 0 Å². The molecule has 0 saturated heterocycles. The topological polar surface area (TPSA) is 85.3 Å². The number of hydrogen-bond donors (Lipinski definition) is 0. The third-order valence-electron chi connectivity index (χ3n) is 4.38. The Hall–Kier alpha value is -2.25. The van der Waals surface area contributed by atoms with E-state index < -0.39 is 19.7 Å². The van der Waals surface area contributed by atoms with E-state index in [4.69, 9.17) is 0 Å². The minimum atomic E-state index is -3.30. The normalized spacial score (nSPS) is 15.5. The molecule has 136 valence electrons. The summed E-state index contributed by atoms with van der Waals surface area (Å²) in [5.41, 5.74) is 2.88.